The maximum Gasteiger partial charge on any atom is 0.405 e. The third-order valence-electron chi connectivity index (χ3n) is 4.80. The lowest BCUT2D eigenvalue weighted by Crippen LogP contribution is -2.36. The van der Waals surface area contributed by atoms with Crippen LogP contribution in [-0.4, -0.2) is 32.7 Å². The summed E-state index contributed by atoms with van der Waals surface area (Å²) >= 11 is 0. The SMILES string of the molecule is Cn1cc(-c2ccn3c(-c4cccc(NC(=O)NCC(F)(F)F)c4)cnc3c2)ccc1=O. The van der Waals surface area contributed by atoms with Crippen molar-refractivity contribution in [3.63, 3.8) is 0 Å². The van der Waals surface area contributed by atoms with Crippen LogP contribution in [0.4, 0.5) is 23.7 Å². The average Bonchev–Trinajstić information content (AvgIpc) is 3.17. The Morgan fingerprint density at radius 3 is 2.62 bits per heavy atom. The van der Waals surface area contributed by atoms with Gasteiger partial charge in [0.2, 0.25) is 5.56 Å². The Balaban J connectivity index is 1.59. The number of aromatic nitrogens is 3. The zero-order chi connectivity index (χ0) is 22.9. The standard InChI is InChI=1S/C22H18F3N5O2/c1-29-12-16(5-6-20(29)31)14-7-8-30-18(11-26-19(30)10-14)15-3-2-4-17(9-15)28-21(32)27-13-22(23,24)25/h2-12H,13H2,1H3,(H2,27,28,32). The molecule has 0 spiro atoms. The molecule has 7 nitrogen and oxygen atoms in total. The molecule has 0 saturated carbocycles. The van der Waals surface area contributed by atoms with Crippen LogP contribution in [0.5, 0.6) is 0 Å². The monoisotopic (exact) mass is 441 g/mol. The minimum atomic E-state index is -4.48. The second-order valence-corrected chi connectivity index (χ2v) is 7.16. The molecule has 2 N–H and O–H groups in total. The molecule has 0 aliphatic heterocycles. The number of urea groups is 1. The lowest BCUT2D eigenvalue weighted by Gasteiger charge is -2.11. The first-order valence-electron chi connectivity index (χ1n) is 9.56. The molecule has 3 heterocycles. The minimum absolute atomic E-state index is 0.0986. The molecule has 4 aromatic rings. The first-order chi connectivity index (χ1) is 15.2. The number of amides is 2. The predicted molar refractivity (Wildman–Crippen MR) is 114 cm³/mol. The van der Waals surface area contributed by atoms with Gasteiger partial charge in [-0.15, -0.1) is 0 Å². The van der Waals surface area contributed by atoms with E-state index >= 15 is 0 Å². The normalized spacial score (nSPS) is 11.5. The molecule has 1 aromatic carbocycles. The van der Waals surface area contributed by atoms with Crippen LogP contribution in [0.3, 0.4) is 0 Å². The van der Waals surface area contributed by atoms with Gasteiger partial charge in [-0.05, 0) is 41.5 Å². The van der Waals surface area contributed by atoms with E-state index in [1.54, 1.807) is 49.0 Å². The summed E-state index contributed by atoms with van der Waals surface area (Å²) in [6, 6.07) is 12.8. The van der Waals surface area contributed by atoms with Gasteiger partial charge in [-0.1, -0.05) is 12.1 Å². The molecule has 10 heteroatoms. The summed E-state index contributed by atoms with van der Waals surface area (Å²) in [5.41, 5.74) is 4.15. The lowest BCUT2D eigenvalue weighted by molar-refractivity contribution is -0.122. The van der Waals surface area contributed by atoms with Crippen molar-refractivity contribution in [1.29, 1.82) is 0 Å². The third-order valence-corrected chi connectivity index (χ3v) is 4.80. The summed E-state index contributed by atoms with van der Waals surface area (Å²) in [5, 5.41) is 4.17. The van der Waals surface area contributed by atoms with Gasteiger partial charge in [0.25, 0.3) is 0 Å². The first kappa shape index (κ1) is 21.2. The predicted octanol–water partition coefficient (Wildman–Crippen LogP) is 4.05. The van der Waals surface area contributed by atoms with Crippen LogP contribution >= 0.6 is 0 Å². The molecule has 0 aliphatic carbocycles. The van der Waals surface area contributed by atoms with Gasteiger partial charge >= 0.3 is 12.2 Å². The van der Waals surface area contributed by atoms with Gasteiger partial charge in [0.05, 0.1) is 11.9 Å². The summed E-state index contributed by atoms with van der Waals surface area (Å²) in [4.78, 5) is 27.8. The number of fused-ring (bicyclic) bond motifs is 1. The second-order valence-electron chi connectivity index (χ2n) is 7.16. The number of carbonyl (C=O) groups is 1. The topological polar surface area (TPSA) is 80.4 Å². The number of pyridine rings is 2. The summed E-state index contributed by atoms with van der Waals surface area (Å²) in [6.07, 6.45) is 0.775. The molecule has 0 radical (unpaired) electrons. The molecular weight excluding hydrogens is 423 g/mol. The molecule has 0 fully saturated rings. The van der Waals surface area contributed by atoms with Crippen molar-refractivity contribution in [2.45, 2.75) is 6.18 Å². The van der Waals surface area contributed by atoms with E-state index in [1.807, 2.05) is 28.8 Å². The number of carbonyl (C=O) groups excluding carboxylic acids is 1. The van der Waals surface area contributed by atoms with Crippen LogP contribution in [-0.2, 0) is 7.05 Å². The summed E-state index contributed by atoms with van der Waals surface area (Å²) in [5.74, 6) is 0. The maximum atomic E-state index is 12.3. The molecule has 0 atom stereocenters. The molecule has 3 aromatic heterocycles. The van der Waals surface area contributed by atoms with Crippen molar-refractivity contribution >= 4 is 17.4 Å². The molecule has 4 rings (SSSR count). The van der Waals surface area contributed by atoms with E-state index in [2.05, 4.69) is 10.3 Å². The van der Waals surface area contributed by atoms with Crippen molar-refractivity contribution in [3.8, 4) is 22.4 Å². The number of hydrogen-bond acceptors (Lipinski definition) is 3. The van der Waals surface area contributed by atoms with Gasteiger partial charge in [0.15, 0.2) is 0 Å². The van der Waals surface area contributed by atoms with Crippen LogP contribution in [0.2, 0.25) is 0 Å². The number of halogens is 3. The minimum Gasteiger partial charge on any atom is -0.329 e. The van der Waals surface area contributed by atoms with E-state index in [-0.39, 0.29) is 5.56 Å². The van der Waals surface area contributed by atoms with Gasteiger partial charge < -0.3 is 15.2 Å². The number of aryl methyl sites for hydroxylation is 1. The number of rotatable bonds is 4. The van der Waals surface area contributed by atoms with E-state index in [4.69, 9.17) is 0 Å². The Labute approximate surface area is 180 Å². The molecule has 32 heavy (non-hydrogen) atoms. The molecule has 0 saturated heterocycles. The van der Waals surface area contributed by atoms with Gasteiger partial charge in [-0.3, -0.25) is 9.20 Å². The highest BCUT2D eigenvalue weighted by Gasteiger charge is 2.27. The van der Waals surface area contributed by atoms with E-state index in [9.17, 15) is 22.8 Å². The quantitative estimate of drug-likeness (QED) is 0.502. The Hall–Kier alpha value is -4.08. The highest BCUT2D eigenvalue weighted by molar-refractivity contribution is 5.90. The fourth-order valence-electron chi connectivity index (χ4n) is 3.25. The van der Waals surface area contributed by atoms with Crippen molar-refractivity contribution in [2.24, 2.45) is 7.05 Å². The fraction of sp³-hybridized carbons (Fsp3) is 0.136. The van der Waals surface area contributed by atoms with E-state index < -0.39 is 18.8 Å². The van der Waals surface area contributed by atoms with Crippen LogP contribution in [0.1, 0.15) is 0 Å². The Kier molecular flexibility index (Phi) is 5.43. The number of nitrogens with zero attached hydrogens (tertiary/aromatic N) is 3. The van der Waals surface area contributed by atoms with Crippen LogP contribution in [0.15, 0.2) is 71.9 Å². The summed E-state index contributed by atoms with van der Waals surface area (Å²) in [7, 11) is 1.68. The molecule has 2 amide bonds. The number of benzene rings is 1. The van der Waals surface area contributed by atoms with Crippen LogP contribution < -0.4 is 16.2 Å². The number of alkyl halides is 3. The largest absolute Gasteiger partial charge is 0.405 e. The Morgan fingerprint density at radius 1 is 1.06 bits per heavy atom. The van der Waals surface area contributed by atoms with Crippen molar-refractivity contribution in [2.75, 3.05) is 11.9 Å². The van der Waals surface area contributed by atoms with Gasteiger partial charge in [-0.25, -0.2) is 9.78 Å². The highest BCUT2D eigenvalue weighted by Crippen LogP contribution is 2.26. The Bertz CT molecular complexity index is 1360. The average molecular weight is 441 g/mol. The first-order valence-corrected chi connectivity index (χ1v) is 9.56. The fourth-order valence-corrected chi connectivity index (χ4v) is 3.25. The number of nitrogens with one attached hydrogen (secondary N) is 2. The molecular formula is C22H18F3N5O2. The molecule has 0 bridgehead atoms. The lowest BCUT2D eigenvalue weighted by atomic mass is 10.1. The van der Waals surface area contributed by atoms with E-state index in [0.29, 0.717) is 11.3 Å². The smallest absolute Gasteiger partial charge is 0.329 e. The van der Waals surface area contributed by atoms with Gasteiger partial charge in [-0.2, -0.15) is 13.2 Å². The van der Waals surface area contributed by atoms with Crippen molar-refractivity contribution in [3.05, 3.63) is 77.5 Å². The maximum absolute atomic E-state index is 12.3. The van der Waals surface area contributed by atoms with Crippen molar-refractivity contribution in [1.82, 2.24) is 19.3 Å². The summed E-state index contributed by atoms with van der Waals surface area (Å²) < 4.78 is 40.1. The van der Waals surface area contributed by atoms with Gasteiger partial charge in [0.1, 0.15) is 12.2 Å². The van der Waals surface area contributed by atoms with Crippen molar-refractivity contribution < 1.29 is 18.0 Å². The van der Waals surface area contributed by atoms with Crippen LogP contribution in [0.25, 0.3) is 28.0 Å². The molecule has 164 valence electrons. The highest BCUT2D eigenvalue weighted by atomic mass is 19.4. The number of hydrogen-bond donors (Lipinski definition) is 2. The van der Waals surface area contributed by atoms with E-state index in [1.165, 1.54) is 10.6 Å². The zero-order valence-corrected chi connectivity index (χ0v) is 16.8. The third kappa shape index (κ3) is 4.64. The number of imidazole rings is 1. The van der Waals surface area contributed by atoms with Gasteiger partial charge in [0, 0.05) is 36.8 Å². The molecule has 0 unspecified atom stereocenters. The summed E-state index contributed by atoms with van der Waals surface area (Å²) in [6.45, 7) is -1.41. The number of anilines is 1. The zero-order valence-electron chi connectivity index (χ0n) is 16.8. The van der Waals surface area contributed by atoms with Crippen LogP contribution in [0, 0.1) is 0 Å². The molecule has 0 aliphatic rings. The van der Waals surface area contributed by atoms with E-state index in [0.717, 1.165) is 22.4 Å². The second kappa shape index (κ2) is 8.22. The Morgan fingerprint density at radius 2 is 1.88 bits per heavy atom.